The number of anilines is 1. The van der Waals surface area contributed by atoms with Crippen molar-refractivity contribution in [2.75, 3.05) is 12.4 Å². The third-order valence-corrected chi connectivity index (χ3v) is 6.61. The summed E-state index contributed by atoms with van der Waals surface area (Å²) in [6, 6.07) is 12.3. The van der Waals surface area contributed by atoms with E-state index in [9.17, 15) is 4.79 Å². The lowest BCUT2D eigenvalue weighted by Crippen LogP contribution is -2.25. The summed E-state index contributed by atoms with van der Waals surface area (Å²) in [4.78, 5) is 16.3. The largest absolute Gasteiger partial charge is 0.388 e. The monoisotopic (exact) mass is 402 g/mol. The first-order chi connectivity index (χ1) is 14.5. The Labute approximate surface area is 178 Å². The van der Waals surface area contributed by atoms with Gasteiger partial charge in [-0.3, -0.25) is 5.41 Å². The van der Waals surface area contributed by atoms with E-state index in [1.54, 1.807) is 0 Å². The summed E-state index contributed by atoms with van der Waals surface area (Å²) in [5.74, 6) is 1.12. The molecule has 5 nitrogen and oxygen atoms in total. The fraction of sp³-hybridized carbons (Fsp3) is 0.400. The molecule has 2 aliphatic rings. The number of aliphatic imine (C=N–C) groups is 1. The number of benzene rings is 2. The van der Waals surface area contributed by atoms with Crippen molar-refractivity contribution in [2.24, 2.45) is 16.6 Å². The van der Waals surface area contributed by atoms with Gasteiger partial charge in [-0.15, -0.1) is 0 Å². The third kappa shape index (κ3) is 3.76. The lowest BCUT2D eigenvalue weighted by molar-refractivity contribution is -0.112. The van der Waals surface area contributed by atoms with Crippen molar-refractivity contribution in [3.05, 3.63) is 53.1 Å². The molecule has 0 unspecified atom stereocenters. The van der Waals surface area contributed by atoms with Gasteiger partial charge in [0, 0.05) is 24.2 Å². The number of hydrogen-bond donors (Lipinski definition) is 3. The van der Waals surface area contributed by atoms with Crippen LogP contribution >= 0.6 is 0 Å². The van der Waals surface area contributed by atoms with Gasteiger partial charge >= 0.3 is 0 Å². The number of carbonyl (C=O) groups is 1. The maximum absolute atomic E-state index is 12.0. The molecule has 0 saturated heterocycles. The minimum absolute atomic E-state index is 0.206. The van der Waals surface area contributed by atoms with Crippen LogP contribution in [0.3, 0.4) is 0 Å². The normalized spacial score (nSPS) is 18.3. The Morgan fingerprint density at radius 3 is 2.57 bits per heavy atom. The van der Waals surface area contributed by atoms with Crippen LogP contribution in [0.4, 0.5) is 5.69 Å². The van der Waals surface area contributed by atoms with Gasteiger partial charge in [-0.05, 0) is 67.0 Å². The van der Waals surface area contributed by atoms with Gasteiger partial charge in [0.25, 0.3) is 0 Å². The summed E-state index contributed by atoms with van der Waals surface area (Å²) < 4.78 is 0. The number of hydrogen-bond acceptors (Lipinski definition) is 3. The molecule has 0 bridgehead atoms. The Hall–Kier alpha value is -2.95. The summed E-state index contributed by atoms with van der Waals surface area (Å²) in [5, 5.41) is 11.7. The maximum atomic E-state index is 12.0. The predicted octanol–water partition coefficient (Wildman–Crippen LogP) is 4.81. The van der Waals surface area contributed by atoms with Crippen molar-refractivity contribution in [3.63, 3.8) is 0 Å². The van der Waals surface area contributed by atoms with Gasteiger partial charge in [0.15, 0.2) is 5.84 Å². The second-order valence-electron chi connectivity index (χ2n) is 8.68. The van der Waals surface area contributed by atoms with Crippen LogP contribution in [0.5, 0.6) is 0 Å². The van der Waals surface area contributed by atoms with Crippen LogP contribution in [0.2, 0.25) is 0 Å². The van der Waals surface area contributed by atoms with Crippen LogP contribution in [0.25, 0.3) is 11.1 Å². The molecule has 30 heavy (non-hydrogen) atoms. The molecule has 0 amide bonds. The fourth-order valence-corrected chi connectivity index (χ4v) is 4.55. The van der Waals surface area contributed by atoms with E-state index in [0.717, 1.165) is 78.3 Å². The summed E-state index contributed by atoms with van der Waals surface area (Å²) in [6.07, 6.45) is 7.31. The Bertz CT molecular complexity index is 1010. The van der Waals surface area contributed by atoms with Crippen molar-refractivity contribution in [2.45, 2.75) is 50.9 Å². The van der Waals surface area contributed by atoms with Crippen molar-refractivity contribution in [1.82, 2.24) is 0 Å². The molecule has 2 saturated carbocycles. The molecule has 0 aromatic heterocycles. The van der Waals surface area contributed by atoms with Crippen LogP contribution in [0.1, 0.15) is 55.2 Å². The van der Waals surface area contributed by atoms with Crippen LogP contribution in [0.15, 0.2) is 41.4 Å². The van der Waals surface area contributed by atoms with E-state index >= 15 is 0 Å². The molecule has 0 heterocycles. The highest BCUT2D eigenvalue weighted by Gasteiger charge is 2.37. The van der Waals surface area contributed by atoms with Gasteiger partial charge in [0.2, 0.25) is 0 Å². The quantitative estimate of drug-likeness (QED) is 0.368. The van der Waals surface area contributed by atoms with Crippen LogP contribution < -0.4 is 11.1 Å². The average molecular weight is 403 g/mol. The molecule has 0 atom stereocenters. The number of rotatable bonds is 6. The second-order valence-corrected chi connectivity index (χ2v) is 8.68. The van der Waals surface area contributed by atoms with E-state index in [2.05, 4.69) is 35.4 Å². The minimum Gasteiger partial charge on any atom is -0.388 e. The summed E-state index contributed by atoms with van der Waals surface area (Å²) in [6.45, 7) is 2.07. The van der Waals surface area contributed by atoms with E-state index in [1.165, 1.54) is 0 Å². The lowest BCUT2D eigenvalue weighted by atomic mass is 9.78. The number of carbonyl (C=O) groups excluding carboxylic acids is 1. The van der Waals surface area contributed by atoms with Crippen molar-refractivity contribution in [1.29, 1.82) is 5.41 Å². The lowest BCUT2D eigenvalue weighted by Gasteiger charge is -2.26. The Morgan fingerprint density at radius 1 is 1.20 bits per heavy atom. The average Bonchev–Trinajstić information content (AvgIpc) is 3.51. The summed E-state index contributed by atoms with van der Waals surface area (Å²) in [5.41, 5.74) is 11.7. The van der Waals surface area contributed by atoms with Crippen LogP contribution in [-0.2, 0) is 10.2 Å². The molecule has 4 rings (SSSR count). The van der Waals surface area contributed by atoms with Crippen molar-refractivity contribution in [3.8, 4) is 11.1 Å². The second kappa shape index (κ2) is 8.05. The molecule has 5 heteroatoms. The Kier molecular flexibility index (Phi) is 5.46. The SMILES string of the molecule is CNc1cc(-c2cc(C(=N)N=C(N)C3CC3)ccc2C)ccc1C1(C=O)CCCC1. The van der Waals surface area contributed by atoms with Gasteiger partial charge in [0.1, 0.15) is 12.1 Å². The zero-order valence-electron chi connectivity index (χ0n) is 17.8. The highest BCUT2D eigenvalue weighted by molar-refractivity contribution is 6.06. The topological polar surface area (TPSA) is 91.3 Å². The maximum Gasteiger partial charge on any atom is 0.153 e. The van der Waals surface area contributed by atoms with E-state index < -0.39 is 0 Å². The Morgan fingerprint density at radius 2 is 1.93 bits per heavy atom. The van der Waals surface area contributed by atoms with E-state index in [0.29, 0.717) is 11.8 Å². The third-order valence-electron chi connectivity index (χ3n) is 6.61. The molecule has 156 valence electrons. The smallest absolute Gasteiger partial charge is 0.153 e. The number of amidine groups is 2. The van der Waals surface area contributed by atoms with Gasteiger partial charge in [0.05, 0.1) is 5.41 Å². The molecule has 0 aliphatic heterocycles. The van der Waals surface area contributed by atoms with Gasteiger partial charge in [-0.25, -0.2) is 4.99 Å². The van der Waals surface area contributed by atoms with Gasteiger partial charge in [-0.2, -0.15) is 0 Å². The summed E-state index contributed by atoms with van der Waals surface area (Å²) in [7, 11) is 1.91. The predicted molar refractivity (Wildman–Crippen MR) is 124 cm³/mol. The first kappa shape index (κ1) is 20.3. The highest BCUT2D eigenvalue weighted by Crippen LogP contribution is 2.43. The number of nitrogens with one attached hydrogen (secondary N) is 2. The molecule has 0 radical (unpaired) electrons. The van der Waals surface area contributed by atoms with E-state index in [1.807, 2.05) is 25.2 Å². The fourth-order valence-electron chi connectivity index (χ4n) is 4.55. The first-order valence-electron chi connectivity index (χ1n) is 10.8. The first-order valence-corrected chi connectivity index (χ1v) is 10.8. The molecular weight excluding hydrogens is 372 g/mol. The highest BCUT2D eigenvalue weighted by atomic mass is 16.1. The van der Waals surface area contributed by atoms with Crippen molar-refractivity contribution >= 4 is 23.6 Å². The molecule has 2 aromatic carbocycles. The standard InChI is InChI=1S/C25H30N4O/c1-16-5-6-19(24(27)29-23(26)17-7-8-17)13-20(16)18-9-10-21(22(14-18)28-2)25(15-30)11-3-4-12-25/h5-6,9-10,13-15,17,28H,3-4,7-8,11-12H2,1-2H3,(H3,26,27,29). The van der Waals surface area contributed by atoms with E-state index in [4.69, 9.17) is 11.1 Å². The zero-order chi connectivity index (χ0) is 21.3. The number of aryl methyl sites for hydroxylation is 1. The molecule has 0 spiro atoms. The zero-order valence-corrected chi connectivity index (χ0v) is 17.8. The molecule has 2 aliphatic carbocycles. The van der Waals surface area contributed by atoms with E-state index in [-0.39, 0.29) is 11.3 Å². The number of nitrogens with zero attached hydrogens (tertiary/aromatic N) is 1. The number of aldehydes is 1. The molecular formula is C25H30N4O. The summed E-state index contributed by atoms with van der Waals surface area (Å²) >= 11 is 0. The molecule has 4 N–H and O–H groups in total. The number of nitrogens with two attached hydrogens (primary N) is 1. The molecule has 2 fully saturated rings. The van der Waals surface area contributed by atoms with Crippen LogP contribution in [-0.4, -0.2) is 25.0 Å². The molecule has 2 aromatic rings. The van der Waals surface area contributed by atoms with Crippen molar-refractivity contribution < 1.29 is 4.79 Å². The van der Waals surface area contributed by atoms with Gasteiger partial charge in [-0.1, -0.05) is 37.1 Å². The van der Waals surface area contributed by atoms with Crippen LogP contribution in [0, 0.1) is 18.3 Å². The Balaban J connectivity index is 1.70. The minimum atomic E-state index is -0.370. The van der Waals surface area contributed by atoms with Gasteiger partial charge < -0.3 is 15.8 Å².